The van der Waals surface area contributed by atoms with Gasteiger partial charge < -0.3 is 9.88 Å². The van der Waals surface area contributed by atoms with E-state index in [1.54, 1.807) is 29.5 Å². The number of non-ortho nitro benzene ring substituents is 1. The van der Waals surface area contributed by atoms with Gasteiger partial charge in [0.15, 0.2) is 0 Å². The molecule has 0 saturated carbocycles. The molecule has 2 heterocycles. The first-order chi connectivity index (χ1) is 12.0. The number of amides is 1. The summed E-state index contributed by atoms with van der Waals surface area (Å²) in [5, 5.41) is 15.8. The molecule has 128 valence electrons. The molecule has 0 fully saturated rings. The largest absolute Gasteiger partial charge is 0.344 e. The summed E-state index contributed by atoms with van der Waals surface area (Å²) < 4.78 is 1.89. The molecule has 1 amide bonds. The number of hydrogen-bond donors (Lipinski definition) is 1. The fraction of sp³-hybridized carbons (Fsp3) is 0.167. The molecule has 3 rings (SSSR count). The number of hydrogen-bond acceptors (Lipinski definition) is 4. The Morgan fingerprint density at radius 2 is 2.12 bits per heavy atom. The van der Waals surface area contributed by atoms with E-state index in [0.717, 1.165) is 4.88 Å². The molecule has 0 aliphatic carbocycles. The Morgan fingerprint density at radius 1 is 1.28 bits per heavy atom. The van der Waals surface area contributed by atoms with Crippen molar-refractivity contribution in [2.75, 3.05) is 0 Å². The summed E-state index contributed by atoms with van der Waals surface area (Å²) in [6.07, 6.45) is 1.87. The third-order valence-electron chi connectivity index (χ3n) is 3.90. The lowest BCUT2D eigenvalue weighted by Gasteiger charge is -2.15. The second kappa shape index (κ2) is 7.31. The summed E-state index contributed by atoms with van der Waals surface area (Å²) in [7, 11) is 0. The summed E-state index contributed by atoms with van der Waals surface area (Å²) in [4.78, 5) is 24.2. The molecule has 0 radical (unpaired) electrons. The predicted octanol–water partition coefficient (Wildman–Crippen LogP) is 4.00. The van der Waals surface area contributed by atoms with Crippen LogP contribution in [0.4, 0.5) is 5.69 Å². The monoisotopic (exact) mass is 355 g/mol. The molecule has 25 heavy (non-hydrogen) atoms. The average Bonchev–Trinajstić information content (AvgIpc) is 3.27. The van der Waals surface area contributed by atoms with Gasteiger partial charge in [-0.15, -0.1) is 11.3 Å². The lowest BCUT2D eigenvalue weighted by molar-refractivity contribution is -0.384. The van der Waals surface area contributed by atoms with Gasteiger partial charge in [0.25, 0.3) is 11.6 Å². The van der Waals surface area contributed by atoms with E-state index in [0.29, 0.717) is 17.8 Å². The molecule has 3 aromatic rings. The topological polar surface area (TPSA) is 77.2 Å². The smallest absolute Gasteiger partial charge is 0.269 e. The molecule has 0 saturated heterocycles. The van der Waals surface area contributed by atoms with Crippen LogP contribution in [-0.2, 0) is 6.54 Å². The fourth-order valence-electron chi connectivity index (χ4n) is 2.59. The summed E-state index contributed by atoms with van der Waals surface area (Å²) in [6, 6.07) is 13.6. The number of nitrogens with zero attached hydrogens (tertiary/aromatic N) is 2. The van der Waals surface area contributed by atoms with E-state index in [1.165, 1.54) is 12.1 Å². The zero-order valence-electron chi connectivity index (χ0n) is 13.6. The number of thiophene rings is 1. The highest BCUT2D eigenvalue weighted by Gasteiger charge is 2.16. The van der Waals surface area contributed by atoms with Crippen molar-refractivity contribution in [3.63, 3.8) is 0 Å². The number of carbonyl (C=O) groups excluding carboxylic acids is 1. The van der Waals surface area contributed by atoms with Crippen molar-refractivity contribution < 1.29 is 9.72 Å². The van der Waals surface area contributed by atoms with Crippen molar-refractivity contribution in [3.05, 3.63) is 86.4 Å². The number of nitro groups is 1. The van der Waals surface area contributed by atoms with Gasteiger partial charge in [0.2, 0.25) is 0 Å². The highest BCUT2D eigenvalue weighted by molar-refractivity contribution is 7.09. The molecule has 0 bridgehead atoms. The minimum Gasteiger partial charge on any atom is -0.344 e. The molecule has 0 aliphatic rings. The van der Waals surface area contributed by atoms with Crippen molar-refractivity contribution in [2.24, 2.45) is 0 Å². The third kappa shape index (κ3) is 3.95. The molecule has 0 aliphatic heterocycles. The second-order valence-electron chi connectivity index (χ2n) is 5.65. The van der Waals surface area contributed by atoms with Crippen LogP contribution in [0.1, 0.15) is 33.9 Å². The number of carbonyl (C=O) groups is 1. The third-order valence-corrected chi connectivity index (χ3v) is 4.76. The Labute approximate surface area is 148 Å². The predicted molar refractivity (Wildman–Crippen MR) is 96.8 cm³/mol. The molecule has 6 nitrogen and oxygen atoms in total. The van der Waals surface area contributed by atoms with Crippen LogP contribution in [0.5, 0.6) is 0 Å². The quantitative estimate of drug-likeness (QED) is 0.536. The molecule has 7 heteroatoms. The van der Waals surface area contributed by atoms with E-state index in [4.69, 9.17) is 0 Å². The fourth-order valence-corrected chi connectivity index (χ4v) is 3.29. The number of benzene rings is 1. The lowest BCUT2D eigenvalue weighted by Crippen LogP contribution is -2.28. The highest BCUT2D eigenvalue weighted by atomic mass is 32.1. The van der Waals surface area contributed by atoms with E-state index < -0.39 is 4.92 Å². The van der Waals surface area contributed by atoms with Crippen LogP contribution in [0, 0.1) is 10.1 Å². The molecule has 1 N–H and O–H groups in total. The Kier molecular flexibility index (Phi) is 4.95. The summed E-state index contributed by atoms with van der Waals surface area (Å²) in [5.74, 6) is -0.208. The van der Waals surface area contributed by atoms with Crippen molar-refractivity contribution in [1.82, 2.24) is 9.88 Å². The minimum absolute atomic E-state index is 0.0136. The van der Waals surface area contributed by atoms with Gasteiger partial charge in [0.1, 0.15) is 5.69 Å². The zero-order chi connectivity index (χ0) is 17.8. The van der Waals surface area contributed by atoms with E-state index in [2.05, 4.69) is 5.32 Å². The van der Waals surface area contributed by atoms with Crippen LogP contribution in [0.2, 0.25) is 0 Å². The number of nitrogens with one attached hydrogen (secondary N) is 1. The van der Waals surface area contributed by atoms with Crippen LogP contribution < -0.4 is 5.32 Å². The van der Waals surface area contributed by atoms with Gasteiger partial charge in [-0.1, -0.05) is 18.2 Å². The molecule has 1 atom stereocenters. The Bertz CT molecular complexity index is 887. The first kappa shape index (κ1) is 16.9. The van der Waals surface area contributed by atoms with Gasteiger partial charge >= 0.3 is 0 Å². The van der Waals surface area contributed by atoms with Gasteiger partial charge in [-0.05, 0) is 36.1 Å². The van der Waals surface area contributed by atoms with Gasteiger partial charge in [-0.2, -0.15) is 0 Å². The maximum atomic E-state index is 12.6. The van der Waals surface area contributed by atoms with Gasteiger partial charge in [-0.25, -0.2) is 0 Å². The van der Waals surface area contributed by atoms with Crippen molar-refractivity contribution >= 4 is 22.9 Å². The van der Waals surface area contributed by atoms with Crippen LogP contribution in [-0.4, -0.2) is 15.4 Å². The van der Waals surface area contributed by atoms with Crippen molar-refractivity contribution in [3.8, 4) is 0 Å². The maximum Gasteiger partial charge on any atom is 0.269 e. The molecule has 2 aromatic heterocycles. The van der Waals surface area contributed by atoms with Crippen molar-refractivity contribution in [2.45, 2.75) is 19.5 Å². The van der Waals surface area contributed by atoms with E-state index in [1.807, 2.05) is 41.3 Å². The Morgan fingerprint density at radius 3 is 2.84 bits per heavy atom. The zero-order valence-corrected chi connectivity index (χ0v) is 14.4. The van der Waals surface area contributed by atoms with E-state index in [9.17, 15) is 14.9 Å². The highest BCUT2D eigenvalue weighted by Crippen LogP contribution is 2.20. The Balaban J connectivity index is 1.73. The van der Waals surface area contributed by atoms with Crippen LogP contribution >= 0.6 is 11.3 Å². The molecular formula is C18H17N3O3S. The minimum atomic E-state index is -0.440. The first-order valence-electron chi connectivity index (χ1n) is 7.77. The summed E-state index contributed by atoms with van der Waals surface area (Å²) in [6.45, 7) is 2.45. The van der Waals surface area contributed by atoms with E-state index in [-0.39, 0.29) is 17.6 Å². The number of nitro benzene ring substituents is 1. The number of aromatic nitrogens is 1. The van der Waals surface area contributed by atoms with Gasteiger partial charge in [0, 0.05) is 23.2 Å². The molecule has 1 aromatic carbocycles. The SMILES string of the molecule is CC(NC(=O)c1cccn1Cc1cccs1)c1cccc([N+](=O)[O-])c1. The normalized spacial score (nSPS) is 11.9. The standard InChI is InChI=1S/C18H17N3O3S/c1-13(14-5-2-6-15(11-14)21(23)24)19-18(22)17-8-3-9-20(17)12-16-7-4-10-25-16/h2-11,13H,12H2,1H3,(H,19,22). The average molecular weight is 355 g/mol. The second-order valence-corrected chi connectivity index (χ2v) is 6.68. The Hall–Kier alpha value is -2.93. The summed E-state index contributed by atoms with van der Waals surface area (Å²) in [5.41, 5.74) is 1.27. The molecule has 0 spiro atoms. The van der Waals surface area contributed by atoms with Crippen LogP contribution in [0.3, 0.4) is 0 Å². The maximum absolute atomic E-state index is 12.6. The summed E-state index contributed by atoms with van der Waals surface area (Å²) >= 11 is 1.64. The number of rotatable bonds is 6. The van der Waals surface area contributed by atoms with Crippen molar-refractivity contribution in [1.29, 1.82) is 0 Å². The molecule has 1 unspecified atom stereocenters. The van der Waals surface area contributed by atoms with Gasteiger partial charge in [-0.3, -0.25) is 14.9 Å². The first-order valence-corrected chi connectivity index (χ1v) is 8.65. The van der Waals surface area contributed by atoms with E-state index >= 15 is 0 Å². The van der Waals surface area contributed by atoms with Crippen LogP contribution in [0.15, 0.2) is 60.1 Å². The van der Waals surface area contributed by atoms with Gasteiger partial charge in [0.05, 0.1) is 17.5 Å². The van der Waals surface area contributed by atoms with Crippen LogP contribution in [0.25, 0.3) is 0 Å². The molecular weight excluding hydrogens is 338 g/mol. The lowest BCUT2D eigenvalue weighted by atomic mass is 10.1.